The third kappa shape index (κ3) is 7.10. The Bertz CT molecular complexity index is 1180. The summed E-state index contributed by atoms with van der Waals surface area (Å²) >= 11 is 6.16. The standard InChI is InChI=1S/C23H23ClF6N4O2S/c1-33(18-5-3-2-4-17(18)24)21(35)19(31)20(34-6-8-37(36)9-7-34)32-13-14-10-15(22(25,26)27)12-16(11-14)23(28,29)30/h2-5,10-12,32H,6-9,13,31H2,1H3/b20-19+. The van der Waals surface area contributed by atoms with Gasteiger partial charge in [0.05, 0.1) is 21.8 Å². The molecule has 0 aromatic heterocycles. The molecule has 0 saturated carbocycles. The van der Waals surface area contributed by atoms with Crippen molar-refractivity contribution in [2.45, 2.75) is 18.9 Å². The molecule has 14 heteroatoms. The number of hydrogen-bond acceptors (Lipinski definition) is 5. The Hall–Kier alpha value is -2.93. The molecule has 6 nitrogen and oxygen atoms in total. The van der Waals surface area contributed by atoms with E-state index in [1.54, 1.807) is 29.2 Å². The smallest absolute Gasteiger partial charge is 0.391 e. The van der Waals surface area contributed by atoms with Crippen LogP contribution in [0.15, 0.2) is 54.0 Å². The fraction of sp³-hybridized carbons (Fsp3) is 0.348. The number of nitrogens with zero attached hydrogens (tertiary/aromatic N) is 2. The summed E-state index contributed by atoms with van der Waals surface area (Å²) in [6, 6.07) is 7.68. The minimum atomic E-state index is -5.00. The zero-order chi connectivity index (χ0) is 27.5. The molecule has 1 aliphatic heterocycles. The van der Waals surface area contributed by atoms with E-state index in [2.05, 4.69) is 5.32 Å². The third-order valence-corrected chi connectivity index (χ3v) is 7.20. The van der Waals surface area contributed by atoms with Gasteiger partial charge in [-0.05, 0) is 35.9 Å². The minimum absolute atomic E-state index is 0.00609. The third-order valence-electron chi connectivity index (χ3n) is 5.61. The van der Waals surface area contributed by atoms with Crippen molar-refractivity contribution in [3.63, 3.8) is 0 Å². The van der Waals surface area contributed by atoms with Crippen LogP contribution < -0.4 is 16.0 Å². The first-order valence-corrected chi connectivity index (χ1v) is 12.7. The van der Waals surface area contributed by atoms with Crippen LogP contribution in [0.5, 0.6) is 0 Å². The first-order chi connectivity index (χ1) is 17.2. The number of benzene rings is 2. The number of para-hydroxylation sites is 1. The minimum Gasteiger partial charge on any atom is -0.391 e. The number of nitrogens with one attached hydrogen (secondary N) is 1. The van der Waals surface area contributed by atoms with Crippen molar-refractivity contribution >= 4 is 34.0 Å². The van der Waals surface area contributed by atoms with Gasteiger partial charge in [-0.2, -0.15) is 26.3 Å². The largest absolute Gasteiger partial charge is 0.416 e. The second-order valence-corrected chi connectivity index (χ2v) is 10.3. The van der Waals surface area contributed by atoms with Gasteiger partial charge in [0.25, 0.3) is 5.91 Å². The van der Waals surface area contributed by atoms with E-state index in [-0.39, 0.29) is 52.8 Å². The molecule has 0 radical (unpaired) electrons. The van der Waals surface area contributed by atoms with Crippen LogP contribution in [0.25, 0.3) is 0 Å². The van der Waals surface area contributed by atoms with Crippen LogP contribution in [0.4, 0.5) is 32.0 Å². The summed E-state index contributed by atoms with van der Waals surface area (Å²) < 4.78 is 91.4. The highest BCUT2D eigenvalue weighted by Gasteiger charge is 2.37. The molecule has 1 fully saturated rings. The van der Waals surface area contributed by atoms with E-state index in [9.17, 15) is 35.3 Å². The van der Waals surface area contributed by atoms with Gasteiger partial charge in [0.2, 0.25) is 0 Å². The van der Waals surface area contributed by atoms with Crippen LogP contribution in [0.1, 0.15) is 16.7 Å². The monoisotopic (exact) mass is 568 g/mol. The van der Waals surface area contributed by atoms with Gasteiger partial charge >= 0.3 is 12.4 Å². The van der Waals surface area contributed by atoms with Gasteiger partial charge in [0.1, 0.15) is 11.5 Å². The Labute approximate surface area is 216 Å². The average Bonchev–Trinajstić information content (AvgIpc) is 2.83. The van der Waals surface area contributed by atoms with E-state index >= 15 is 0 Å². The Balaban J connectivity index is 1.97. The maximum Gasteiger partial charge on any atom is 0.416 e. The molecule has 37 heavy (non-hydrogen) atoms. The number of nitrogens with two attached hydrogens (primary N) is 1. The molecule has 202 valence electrons. The fourth-order valence-corrected chi connectivity index (χ4v) is 4.98. The lowest BCUT2D eigenvalue weighted by atomic mass is 10.0. The summed E-state index contributed by atoms with van der Waals surface area (Å²) in [5.74, 6) is -0.210. The van der Waals surface area contributed by atoms with Crippen molar-refractivity contribution in [2.24, 2.45) is 5.73 Å². The summed E-state index contributed by atoms with van der Waals surface area (Å²) in [6.07, 6.45) is -10.0. The van der Waals surface area contributed by atoms with Crippen molar-refractivity contribution in [1.82, 2.24) is 10.2 Å². The topological polar surface area (TPSA) is 78.7 Å². The van der Waals surface area contributed by atoms with E-state index in [1.165, 1.54) is 11.9 Å². The Morgan fingerprint density at radius 3 is 2.11 bits per heavy atom. The van der Waals surface area contributed by atoms with Gasteiger partial charge in [0.15, 0.2) is 0 Å². The molecular formula is C23H23ClF6N4O2S. The first kappa shape index (κ1) is 28.6. The molecule has 1 aliphatic rings. The van der Waals surface area contributed by atoms with Crippen molar-refractivity contribution in [3.05, 3.63) is 75.7 Å². The summed E-state index contributed by atoms with van der Waals surface area (Å²) in [5.41, 5.74) is 2.95. The lowest BCUT2D eigenvalue weighted by Gasteiger charge is -2.33. The zero-order valence-electron chi connectivity index (χ0n) is 19.4. The van der Waals surface area contributed by atoms with E-state index in [4.69, 9.17) is 17.3 Å². The molecule has 2 aromatic rings. The lowest BCUT2D eigenvalue weighted by Crippen LogP contribution is -2.45. The molecule has 3 N–H and O–H groups in total. The van der Waals surface area contributed by atoms with Crippen molar-refractivity contribution < 1.29 is 35.3 Å². The molecule has 0 bridgehead atoms. The number of amides is 1. The molecule has 0 aliphatic carbocycles. The number of likely N-dealkylation sites (N-methyl/N-ethyl adjacent to an activating group) is 1. The average molecular weight is 569 g/mol. The molecule has 1 heterocycles. The summed E-state index contributed by atoms with van der Waals surface area (Å²) in [6.45, 7) is -0.0873. The molecule has 0 atom stereocenters. The van der Waals surface area contributed by atoms with E-state index in [0.717, 1.165) is 0 Å². The molecular weight excluding hydrogens is 546 g/mol. The first-order valence-electron chi connectivity index (χ1n) is 10.8. The summed E-state index contributed by atoms with van der Waals surface area (Å²) in [7, 11) is 0.314. The van der Waals surface area contributed by atoms with Crippen LogP contribution in [0.3, 0.4) is 0 Å². The zero-order valence-corrected chi connectivity index (χ0v) is 21.0. The normalized spacial score (nSPS) is 15.8. The quantitative estimate of drug-likeness (QED) is 0.401. The lowest BCUT2D eigenvalue weighted by molar-refractivity contribution is -0.143. The number of anilines is 1. The van der Waals surface area contributed by atoms with Crippen LogP contribution in [-0.4, -0.2) is 46.7 Å². The predicted molar refractivity (Wildman–Crippen MR) is 129 cm³/mol. The van der Waals surface area contributed by atoms with E-state index in [1.807, 2.05) is 0 Å². The fourth-order valence-electron chi connectivity index (χ4n) is 3.66. The molecule has 3 rings (SSSR count). The second kappa shape index (κ2) is 11.2. The maximum atomic E-state index is 13.3. The molecule has 2 aromatic carbocycles. The van der Waals surface area contributed by atoms with Crippen LogP contribution in [0.2, 0.25) is 5.02 Å². The van der Waals surface area contributed by atoms with Crippen molar-refractivity contribution in [3.8, 4) is 0 Å². The van der Waals surface area contributed by atoms with Crippen LogP contribution in [-0.2, 0) is 34.5 Å². The van der Waals surface area contributed by atoms with Crippen molar-refractivity contribution in [2.75, 3.05) is 36.5 Å². The van der Waals surface area contributed by atoms with Gasteiger partial charge in [-0.3, -0.25) is 9.00 Å². The summed E-state index contributed by atoms with van der Waals surface area (Å²) in [4.78, 5) is 16.0. The maximum absolute atomic E-state index is 13.3. The Morgan fingerprint density at radius 1 is 1.05 bits per heavy atom. The Morgan fingerprint density at radius 2 is 1.59 bits per heavy atom. The van der Waals surface area contributed by atoms with Gasteiger partial charge in [-0.15, -0.1) is 0 Å². The van der Waals surface area contributed by atoms with E-state index < -0.39 is 46.7 Å². The van der Waals surface area contributed by atoms with Crippen LogP contribution in [0, 0.1) is 0 Å². The molecule has 1 amide bonds. The van der Waals surface area contributed by atoms with Gasteiger partial charge in [0, 0.05) is 49.0 Å². The van der Waals surface area contributed by atoms with E-state index in [0.29, 0.717) is 17.8 Å². The van der Waals surface area contributed by atoms with Gasteiger partial charge < -0.3 is 20.9 Å². The van der Waals surface area contributed by atoms with Crippen molar-refractivity contribution in [1.29, 1.82) is 0 Å². The van der Waals surface area contributed by atoms with Crippen LogP contribution >= 0.6 is 11.6 Å². The predicted octanol–water partition coefficient (Wildman–Crippen LogP) is 4.32. The number of alkyl halides is 6. The number of rotatable bonds is 6. The summed E-state index contributed by atoms with van der Waals surface area (Å²) in [5, 5.41) is 3.01. The molecule has 0 spiro atoms. The van der Waals surface area contributed by atoms with Gasteiger partial charge in [-0.25, -0.2) is 0 Å². The number of carbonyl (C=O) groups is 1. The highest BCUT2D eigenvalue weighted by Crippen LogP contribution is 2.36. The SMILES string of the molecule is CN(C(=O)/C(N)=C(/NCc1cc(C(F)(F)F)cc(C(F)(F)F)c1)N1CCS(=O)CC1)c1ccccc1Cl. The molecule has 1 saturated heterocycles. The van der Waals surface area contributed by atoms with Gasteiger partial charge in [-0.1, -0.05) is 23.7 Å². The molecule has 0 unspecified atom stereocenters. The highest BCUT2D eigenvalue weighted by atomic mass is 35.5. The second-order valence-electron chi connectivity index (χ2n) is 8.18. The number of halogens is 7. The highest BCUT2D eigenvalue weighted by molar-refractivity contribution is 7.85. The number of hydrogen-bond donors (Lipinski definition) is 2. The number of carbonyl (C=O) groups excluding carboxylic acids is 1. The Kier molecular flexibility index (Phi) is 8.68.